The molecule has 0 saturated carbocycles. The summed E-state index contributed by atoms with van der Waals surface area (Å²) >= 11 is 0. The van der Waals surface area contributed by atoms with Gasteiger partial charge in [0, 0.05) is 17.1 Å². The minimum absolute atomic E-state index is 0.878. The van der Waals surface area contributed by atoms with Crippen molar-refractivity contribution >= 4 is 33.8 Å². The summed E-state index contributed by atoms with van der Waals surface area (Å²) in [6, 6.07) is 22.7. The lowest BCUT2D eigenvalue weighted by molar-refractivity contribution is 0.414. The van der Waals surface area contributed by atoms with Crippen LogP contribution < -0.4 is 4.74 Å². The average Bonchev–Trinajstić information content (AvgIpc) is 2.66. The van der Waals surface area contributed by atoms with Crippen LogP contribution in [0.3, 0.4) is 0 Å². The Labute approximate surface area is 141 Å². The van der Waals surface area contributed by atoms with Crippen LogP contribution in [-0.2, 0) is 0 Å². The van der Waals surface area contributed by atoms with Gasteiger partial charge in [0.25, 0.3) is 0 Å². The SMILES string of the molecule is COc1ccc2ccccc2c1C=Cc1ccnc2ccccc12. The van der Waals surface area contributed by atoms with Crippen LogP contribution in [0.2, 0.25) is 0 Å². The molecule has 4 aromatic rings. The summed E-state index contributed by atoms with van der Waals surface area (Å²) in [5.74, 6) is 0.878. The van der Waals surface area contributed by atoms with E-state index in [1.165, 1.54) is 10.8 Å². The topological polar surface area (TPSA) is 22.1 Å². The lowest BCUT2D eigenvalue weighted by Gasteiger charge is -2.09. The van der Waals surface area contributed by atoms with Gasteiger partial charge >= 0.3 is 0 Å². The first kappa shape index (κ1) is 14.5. The van der Waals surface area contributed by atoms with Gasteiger partial charge in [-0.05, 0) is 34.5 Å². The van der Waals surface area contributed by atoms with E-state index in [2.05, 4.69) is 53.5 Å². The van der Waals surface area contributed by atoms with Crippen molar-refractivity contribution in [2.45, 2.75) is 0 Å². The van der Waals surface area contributed by atoms with Crippen molar-refractivity contribution in [3.8, 4) is 5.75 Å². The molecular weight excluding hydrogens is 294 g/mol. The summed E-state index contributed by atoms with van der Waals surface area (Å²) < 4.78 is 5.57. The molecule has 0 radical (unpaired) electrons. The van der Waals surface area contributed by atoms with E-state index in [0.717, 1.165) is 27.8 Å². The van der Waals surface area contributed by atoms with Gasteiger partial charge in [-0.15, -0.1) is 0 Å². The highest BCUT2D eigenvalue weighted by atomic mass is 16.5. The summed E-state index contributed by atoms with van der Waals surface area (Å²) in [6.45, 7) is 0. The number of nitrogens with zero attached hydrogens (tertiary/aromatic N) is 1. The van der Waals surface area contributed by atoms with Crippen LogP contribution in [0.1, 0.15) is 11.1 Å². The third-order valence-corrected chi connectivity index (χ3v) is 4.26. The van der Waals surface area contributed by atoms with E-state index in [0.29, 0.717) is 0 Å². The zero-order valence-corrected chi connectivity index (χ0v) is 13.4. The van der Waals surface area contributed by atoms with Crippen molar-refractivity contribution in [1.29, 1.82) is 0 Å². The highest BCUT2D eigenvalue weighted by Crippen LogP contribution is 2.30. The first-order valence-electron chi connectivity index (χ1n) is 7.94. The normalized spacial score (nSPS) is 11.4. The number of aromatic nitrogens is 1. The van der Waals surface area contributed by atoms with Crippen LogP contribution >= 0.6 is 0 Å². The minimum atomic E-state index is 0.878. The molecule has 0 aliphatic heterocycles. The fourth-order valence-corrected chi connectivity index (χ4v) is 3.06. The molecule has 116 valence electrons. The van der Waals surface area contributed by atoms with E-state index in [1.807, 2.05) is 36.5 Å². The van der Waals surface area contributed by atoms with Crippen molar-refractivity contribution in [3.63, 3.8) is 0 Å². The Morgan fingerprint density at radius 1 is 0.792 bits per heavy atom. The van der Waals surface area contributed by atoms with Crippen molar-refractivity contribution in [2.24, 2.45) is 0 Å². The predicted molar refractivity (Wildman–Crippen MR) is 101 cm³/mol. The molecule has 0 fully saturated rings. The Hall–Kier alpha value is -3.13. The van der Waals surface area contributed by atoms with E-state index in [1.54, 1.807) is 7.11 Å². The summed E-state index contributed by atoms with van der Waals surface area (Å²) in [5, 5.41) is 3.54. The van der Waals surface area contributed by atoms with Crippen molar-refractivity contribution in [2.75, 3.05) is 7.11 Å². The van der Waals surface area contributed by atoms with Crippen LogP contribution in [0.5, 0.6) is 5.75 Å². The highest BCUT2D eigenvalue weighted by Gasteiger charge is 2.05. The molecule has 1 heterocycles. The Morgan fingerprint density at radius 2 is 1.58 bits per heavy atom. The smallest absolute Gasteiger partial charge is 0.126 e. The number of para-hydroxylation sites is 1. The molecule has 0 aliphatic rings. The Balaban J connectivity index is 1.88. The predicted octanol–water partition coefficient (Wildman–Crippen LogP) is 5.57. The minimum Gasteiger partial charge on any atom is -0.496 e. The van der Waals surface area contributed by atoms with E-state index < -0.39 is 0 Å². The van der Waals surface area contributed by atoms with Gasteiger partial charge < -0.3 is 4.74 Å². The van der Waals surface area contributed by atoms with Gasteiger partial charge in [0.05, 0.1) is 12.6 Å². The second-order valence-corrected chi connectivity index (χ2v) is 5.65. The van der Waals surface area contributed by atoms with Crippen LogP contribution in [-0.4, -0.2) is 12.1 Å². The quantitative estimate of drug-likeness (QED) is 0.493. The fraction of sp³-hybridized carbons (Fsp3) is 0.0455. The highest BCUT2D eigenvalue weighted by molar-refractivity contribution is 5.97. The number of methoxy groups -OCH3 is 1. The zero-order chi connectivity index (χ0) is 16.4. The van der Waals surface area contributed by atoms with Crippen molar-refractivity contribution in [1.82, 2.24) is 4.98 Å². The maximum Gasteiger partial charge on any atom is 0.126 e. The molecule has 0 N–H and O–H groups in total. The molecule has 0 bridgehead atoms. The third-order valence-electron chi connectivity index (χ3n) is 4.26. The van der Waals surface area contributed by atoms with Gasteiger partial charge in [0.2, 0.25) is 0 Å². The van der Waals surface area contributed by atoms with Crippen LogP contribution in [0.25, 0.3) is 33.8 Å². The molecule has 0 atom stereocenters. The summed E-state index contributed by atoms with van der Waals surface area (Å²) in [7, 11) is 1.71. The molecule has 24 heavy (non-hydrogen) atoms. The van der Waals surface area contributed by atoms with E-state index in [-0.39, 0.29) is 0 Å². The molecule has 0 amide bonds. The lowest BCUT2D eigenvalue weighted by Crippen LogP contribution is -1.88. The molecule has 0 spiro atoms. The Morgan fingerprint density at radius 3 is 2.46 bits per heavy atom. The molecule has 1 aromatic heterocycles. The third kappa shape index (κ3) is 2.52. The number of benzene rings is 3. The van der Waals surface area contributed by atoms with Gasteiger partial charge in [0.1, 0.15) is 5.75 Å². The molecule has 0 aliphatic carbocycles. The Bertz CT molecular complexity index is 1040. The summed E-state index contributed by atoms with van der Waals surface area (Å²) in [5.41, 5.74) is 3.25. The van der Waals surface area contributed by atoms with Crippen LogP contribution in [0.15, 0.2) is 72.9 Å². The fourth-order valence-electron chi connectivity index (χ4n) is 3.06. The van der Waals surface area contributed by atoms with Crippen LogP contribution in [0, 0.1) is 0 Å². The van der Waals surface area contributed by atoms with Gasteiger partial charge in [-0.1, -0.05) is 60.7 Å². The number of pyridine rings is 1. The maximum atomic E-state index is 5.57. The second kappa shape index (κ2) is 6.17. The molecule has 0 saturated heterocycles. The largest absolute Gasteiger partial charge is 0.496 e. The number of hydrogen-bond donors (Lipinski definition) is 0. The van der Waals surface area contributed by atoms with Gasteiger partial charge in [-0.25, -0.2) is 0 Å². The number of fused-ring (bicyclic) bond motifs is 2. The van der Waals surface area contributed by atoms with E-state index in [9.17, 15) is 0 Å². The van der Waals surface area contributed by atoms with Gasteiger partial charge in [-0.2, -0.15) is 0 Å². The molecule has 4 rings (SSSR count). The van der Waals surface area contributed by atoms with Gasteiger partial charge in [0.15, 0.2) is 0 Å². The van der Waals surface area contributed by atoms with Crippen LogP contribution in [0.4, 0.5) is 0 Å². The summed E-state index contributed by atoms with van der Waals surface area (Å²) in [6.07, 6.45) is 6.11. The number of ether oxygens (including phenoxy) is 1. The molecule has 3 aromatic carbocycles. The lowest BCUT2D eigenvalue weighted by atomic mass is 10.0. The number of rotatable bonds is 3. The standard InChI is InChI=1S/C22H17NO/c1-24-22-13-11-16-6-2-3-7-18(16)20(22)12-10-17-14-15-23-21-9-5-4-8-19(17)21/h2-15H,1H3. The zero-order valence-electron chi connectivity index (χ0n) is 13.4. The number of hydrogen-bond acceptors (Lipinski definition) is 2. The maximum absolute atomic E-state index is 5.57. The van der Waals surface area contributed by atoms with E-state index >= 15 is 0 Å². The monoisotopic (exact) mass is 311 g/mol. The second-order valence-electron chi connectivity index (χ2n) is 5.65. The summed E-state index contributed by atoms with van der Waals surface area (Å²) in [4.78, 5) is 4.42. The molecule has 2 heteroatoms. The molecular formula is C22H17NO. The molecule has 2 nitrogen and oxygen atoms in total. The van der Waals surface area contributed by atoms with Gasteiger partial charge in [-0.3, -0.25) is 4.98 Å². The Kier molecular flexibility index (Phi) is 3.72. The first-order chi connectivity index (χ1) is 11.9. The van der Waals surface area contributed by atoms with Crippen molar-refractivity contribution in [3.05, 3.63) is 84.1 Å². The average molecular weight is 311 g/mol. The van der Waals surface area contributed by atoms with Crippen molar-refractivity contribution < 1.29 is 4.74 Å². The first-order valence-corrected chi connectivity index (χ1v) is 7.94. The van der Waals surface area contributed by atoms with E-state index in [4.69, 9.17) is 4.74 Å². The molecule has 0 unspecified atom stereocenters.